The van der Waals surface area contributed by atoms with Gasteiger partial charge in [0, 0.05) is 24.2 Å². The van der Waals surface area contributed by atoms with E-state index in [9.17, 15) is 8.42 Å². The van der Waals surface area contributed by atoms with Gasteiger partial charge in [0.1, 0.15) is 5.75 Å². The van der Waals surface area contributed by atoms with E-state index in [2.05, 4.69) is 58.2 Å². The van der Waals surface area contributed by atoms with Crippen LogP contribution in [0.5, 0.6) is 5.75 Å². The van der Waals surface area contributed by atoms with Crippen LogP contribution in [0.2, 0.25) is 0 Å². The van der Waals surface area contributed by atoms with Crippen molar-refractivity contribution in [2.45, 2.75) is 122 Å². The highest BCUT2D eigenvalue weighted by atomic mass is 35.6. The zero-order valence-electron chi connectivity index (χ0n) is 24.4. The van der Waals surface area contributed by atoms with Crippen LogP contribution in [-0.2, 0) is 27.4 Å². The molecule has 0 N–H and O–H groups in total. The largest absolute Gasteiger partial charge is 0.541 e. The molecule has 2 aliphatic heterocycles. The SMILES string of the molecule is Cc1cc(C)c(S(=O)(=O)N2[C@@H]3CCCC[C@H]3N3Cc4cc(C(C)(C)C)cc(C(C)(C)C)c4O[Si]32Cl)c(C)c1. The number of hydrogen-bond donors (Lipinski definition) is 0. The van der Waals surface area contributed by atoms with Crippen LogP contribution < -0.4 is 4.43 Å². The molecule has 1 saturated carbocycles. The Hall–Kier alpha value is -1.38. The molecule has 38 heavy (non-hydrogen) atoms. The normalized spacial score (nSPS) is 26.5. The Morgan fingerprint density at radius 3 is 2.03 bits per heavy atom. The number of nitrogens with zero attached hydrogens (tertiary/aromatic N) is 2. The van der Waals surface area contributed by atoms with E-state index >= 15 is 0 Å². The Balaban J connectivity index is 1.72. The van der Waals surface area contributed by atoms with E-state index in [0.29, 0.717) is 11.4 Å². The molecule has 3 aliphatic rings. The highest BCUT2D eigenvalue weighted by Gasteiger charge is 2.69. The van der Waals surface area contributed by atoms with Gasteiger partial charge in [0.2, 0.25) is 10.0 Å². The van der Waals surface area contributed by atoms with Crippen molar-refractivity contribution in [3.05, 3.63) is 57.6 Å². The molecule has 5 nitrogen and oxygen atoms in total. The number of aryl methyl sites for hydroxylation is 3. The molecule has 0 aromatic heterocycles. The van der Waals surface area contributed by atoms with Crippen LogP contribution in [0.3, 0.4) is 0 Å². The maximum absolute atomic E-state index is 14.7. The molecule has 3 atom stereocenters. The summed E-state index contributed by atoms with van der Waals surface area (Å²) in [5.74, 6) is 0.791. The quantitative estimate of drug-likeness (QED) is 0.284. The minimum absolute atomic E-state index is 0.0176. The first-order valence-electron chi connectivity index (χ1n) is 13.9. The Morgan fingerprint density at radius 2 is 1.47 bits per heavy atom. The van der Waals surface area contributed by atoms with Gasteiger partial charge in [-0.25, -0.2) is 8.42 Å². The van der Waals surface area contributed by atoms with E-state index in [-0.39, 0.29) is 22.9 Å². The maximum atomic E-state index is 14.7. The van der Waals surface area contributed by atoms with Crippen LogP contribution in [0.1, 0.15) is 101 Å². The fourth-order valence-corrected chi connectivity index (χ4v) is 15.2. The molecule has 2 aromatic rings. The molecule has 1 saturated heterocycles. The molecule has 5 rings (SSSR count). The van der Waals surface area contributed by atoms with Crippen molar-refractivity contribution in [1.29, 1.82) is 0 Å². The number of hydrogen-bond acceptors (Lipinski definition) is 4. The fraction of sp³-hybridized carbons (Fsp3) is 0.600. The van der Waals surface area contributed by atoms with Crippen molar-refractivity contribution in [3.8, 4) is 5.75 Å². The van der Waals surface area contributed by atoms with Crippen LogP contribution in [0.25, 0.3) is 0 Å². The molecule has 0 spiro atoms. The third-order valence-corrected chi connectivity index (χ3v) is 16.2. The average Bonchev–Trinajstić information content (AvgIpc) is 3.02. The Morgan fingerprint density at radius 1 is 0.895 bits per heavy atom. The van der Waals surface area contributed by atoms with Crippen molar-refractivity contribution < 1.29 is 12.8 Å². The van der Waals surface area contributed by atoms with Crippen molar-refractivity contribution in [2.24, 2.45) is 0 Å². The van der Waals surface area contributed by atoms with Crippen LogP contribution in [-0.4, -0.2) is 37.0 Å². The lowest BCUT2D eigenvalue weighted by atomic mass is 9.79. The lowest BCUT2D eigenvalue weighted by Crippen LogP contribution is -2.64. The van der Waals surface area contributed by atoms with Gasteiger partial charge >= 0.3 is 7.95 Å². The number of benzene rings is 2. The van der Waals surface area contributed by atoms with Crippen molar-refractivity contribution in [2.75, 3.05) is 0 Å². The standard InChI is InChI=1S/C30H43ClN2O3SSi/c1-19-14-20(2)28(21(3)15-19)37(34,35)33-26-13-11-10-12-25(26)32-18-22-16-23(29(4,5)6)17-24(30(7,8)9)27(22)36-38(32,33)31/h14-17,25-26H,10-13,18H2,1-9H3/t25-,26-,38?/m1/s1. The summed E-state index contributed by atoms with van der Waals surface area (Å²) in [6.07, 6.45) is 3.83. The fourth-order valence-electron chi connectivity index (χ4n) is 6.81. The molecular formula is C30H43ClN2O3SSi. The van der Waals surface area contributed by atoms with E-state index in [1.165, 1.54) is 5.56 Å². The predicted octanol–water partition coefficient (Wildman–Crippen LogP) is 7.09. The third-order valence-electron chi connectivity index (χ3n) is 8.56. The molecule has 0 radical (unpaired) electrons. The second-order valence-electron chi connectivity index (χ2n) is 13.7. The number of fused-ring (bicyclic) bond motifs is 4. The minimum Gasteiger partial charge on any atom is -0.506 e. The zero-order valence-corrected chi connectivity index (χ0v) is 27.0. The molecule has 208 valence electrons. The highest BCUT2D eigenvalue weighted by Crippen LogP contribution is 2.52. The predicted molar refractivity (Wildman–Crippen MR) is 157 cm³/mol. The Labute approximate surface area is 235 Å². The highest BCUT2D eigenvalue weighted by molar-refractivity contribution is 7.91. The zero-order chi connectivity index (χ0) is 28.0. The van der Waals surface area contributed by atoms with Gasteiger partial charge in [-0.3, -0.25) is 4.57 Å². The summed E-state index contributed by atoms with van der Waals surface area (Å²) in [6, 6.07) is 8.32. The maximum Gasteiger partial charge on any atom is 0.541 e. The van der Waals surface area contributed by atoms with Gasteiger partial charge in [-0.1, -0.05) is 95.3 Å². The van der Waals surface area contributed by atoms with Crippen molar-refractivity contribution in [3.63, 3.8) is 0 Å². The first-order valence-corrected chi connectivity index (χ1v) is 18.2. The van der Waals surface area contributed by atoms with Gasteiger partial charge in [-0.05, 0) is 66.7 Å². The second-order valence-corrected chi connectivity index (χ2v) is 19.6. The molecule has 8 heteroatoms. The summed E-state index contributed by atoms with van der Waals surface area (Å²) in [6.45, 7) is 19.7. The van der Waals surface area contributed by atoms with Crippen LogP contribution in [0.4, 0.5) is 0 Å². The number of sulfonamides is 1. The summed E-state index contributed by atoms with van der Waals surface area (Å²) in [7, 11) is -7.51. The molecule has 0 amide bonds. The summed E-state index contributed by atoms with van der Waals surface area (Å²) in [4.78, 5) is 0.385. The van der Waals surface area contributed by atoms with E-state index < -0.39 is 18.0 Å². The molecule has 2 fully saturated rings. The molecular weight excluding hydrogens is 532 g/mol. The van der Waals surface area contributed by atoms with Gasteiger partial charge in [0.15, 0.2) is 0 Å². The van der Waals surface area contributed by atoms with E-state index in [4.69, 9.17) is 15.5 Å². The summed E-state index contributed by atoms with van der Waals surface area (Å²) in [5, 5.41) is 0. The monoisotopic (exact) mass is 574 g/mol. The van der Waals surface area contributed by atoms with Crippen LogP contribution >= 0.6 is 11.1 Å². The molecule has 1 unspecified atom stereocenters. The van der Waals surface area contributed by atoms with E-state index in [1.54, 1.807) is 3.97 Å². The van der Waals surface area contributed by atoms with Gasteiger partial charge < -0.3 is 4.43 Å². The van der Waals surface area contributed by atoms with E-state index in [0.717, 1.165) is 59.3 Å². The summed E-state index contributed by atoms with van der Waals surface area (Å²) in [5.41, 5.74) is 5.88. The minimum atomic E-state index is -3.90. The smallest absolute Gasteiger partial charge is 0.506 e. The molecule has 0 bridgehead atoms. The van der Waals surface area contributed by atoms with Crippen molar-refractivity contribution >= 4 is 29.1 Å². The number of rotatable bonds is 2. The van der Waals surface area contributed by atoms with Gasteiger partial charge in [-0.2, -0.15) is 3.97 Å². The van der Waals surface area contributed by atoms with Crippen molar-refractivity contribution in [1.82, 2.24) is 8.54 Å². The lowest BCUT2D eigenvalue weighted by Gasteiger charge is -2.42. The summed E-state index contributed by atoms with van der Waals surface area (Å²) >= 11 is 7.65. The molecule has 2 aromatic carbocycles. The van der Waals surface area contributed by atoms with Gasteiger partial charge in [0.25, 0.3) is 0 Å². The first kappa shape index (κ1) is 28.2. The van der Waals surface area contributed by atoms with Crippen LogP contribution in [0, 0.1) is 20.8 Å². The number of halogens is 1. The molecule has 1 aliphatic carbocycles. The summed E-state index contributed by atoms with van der Waals surface area (Å²) < 4.78 is 40.2. The first-order chi connectivity index (χ1) is 17.5. The van der Waals surface area contributed by atoms with Gasteiger partial charge in [0.05, 0.1) is 4.90 Å². The lowest BCUT2D eigenvalue weighted by molar-refractivity contribution is 0.216. The average molecular weight is 575 g/mol. The Kier molecular flexibility index (Phi) is 6.72. The Bertz CT molecular complexity index is 1370. The van der Waals surface area contributed by atoms with Crippen LogP contribution in [0.15, 0.2) is 29.2 Å². The van der Waals surface area contributed by atoms with E-state index in [1.807, 2.05) is 32.9 Å². The topological polar surface area (TPSA) is 49.9 Å². The van der Waals surface area contributed by atoms with Gasteiger partial charge in [-0.15, -0.1) is 0 Å². The second kappa shape index (κ2) is 9.07. The third kappa shape index (κ3) is 4.37. The molecule has 2 heterocycles.